The van der Waals surface area contributed by atoms with E-state index in [1.807, 2.05) is 0 Å². The number of hydrogen-bond donors (Lipinski definition) is 2. The van der Waals surface area contributed by atoms with Crippen LogP contribution in [0.2, 0.25) is 0 Å². The van der Waals surface area contributed by atoms with E-state index in [1.54, 1.807) is 0 Å². The third-order valence-corrected chi connectivity index (χ3v) is 2.03. The Morgan fingerprint density at radius 2 is 2.00 bits per heavy atom. The van der Waals surface area contributed by atoms with Crippen molar-refractivity contribution in [3.63, 3.8) is 0 Å². The Kier molecular flexibility index (Phi) is 4.98. The lowest BCUT2D eigenvalue weighted by molar-refractivity contribution is -0.104. The summed E-state index contributed by atoms with van der Waals surface area (Å²) in [6.07, 6.45) is 1.93. The van der Waals surface area contributed by atoms with Crippen molar-refractivity contribution in [1.29, 1.82) is 5.41 Å². The van der Waals surface area contributed by atoms with Crippen LogP contribution in [-0.2, 0) is 4.79 Å². The number of benzene rings is 1. The predicted molar refractivity (Wildman–Crippen MR) is 64.2 cm³/mol. The molecule has 0 saturated carbocycles. The van der Waals surface area contributed by atoms with Gasteiger partial charge < -0.3 is 15.5 Å². The van der Waals surface area contributed by atoms with E-state index in [2.05, 4.69) is 10.1 Å². The summed E-state index contributed by atoms with van der Waals surface area (Å²) in [5.74, 6) is 0.0541. The summed E-state index contributed by atoms with van der Waals surface area (Å²) < 4.78 is 28.0. The minimum absolute atomic E-state index is 0.0541. The first-order chi connectivity index (χ1) is 8.52. The average Bonchev–Trinajstić information content (AvgIpc) is 2.31. The van der Waals surface area contributed by atoms with Crippen LogP contribution in [0.3, 0.4) is 0 Å². The van der Waals surface area contributed by atoms with Crippen molar-refractivity contribution in [2.75, 3.05) is 5.32 Å². The zero-order valence-corrected chi connectivity index (χ0v) is 9.61. The summed E-state index contributed by atoms with van der Waals surface area (Å²) >= 11 is 0. The lowest BCUT2D eigenvalue weighted by Gasteiger charge is -2.06. The Morgan fingerprint density at radius 3 is 2.44 bits per heavy atom. The van der Waals surface area contributed by atoms with Crippen LogP contribution in [-0.4, -0.2) is 18.6 Å². The summed E-state index contributed by atoms with van der Waals surface area (Å²) in [6, 6.07) is 5.80. The van der Waals surface area contributed by atoms with Crippen LogP contribution in [0.15, 0.2) is 36.0 Å². The van der Waals surface area contributed by atoms with Gasteiger partial charge in [0.1, 0.15) is 5.75 Å². The highest BCUT2D eigenvalue weighted by Gasteiger charge is 2.03. The van der Waals surface area contributed by atoms with Crippen molar-refractivity contribution in [2.45, 2.75) is 13.5 Å². The van der Waals surface area contributed by atoms with E-state index in [9.17, 15) is 13.6 Å². The highest BCUT2D eigenvalue weighted by Crippen LogP contribution is 2.17. The second-order valence-electron chi connectivity index (χ2n) is 3.39. The van der Waals surface area contributed by atoms with E-state index >= 15 is 0 Å². The summed E-state index contributed by atoms with van der Waals surface area (Å²) in [7, 11) is 0. The molecule has 0 unspecified atom stereocenters. The predicted octanol–water partition coefficient (Wildman–Crippen LogP) is 2.82. The monoisotopic (exact) mass is 254 g/mol. The minimum Gasteiger partial charge on any atom is -0.435 e. The standard InChI is InChI=1S/C12H12F2N2O2/c1-8(15)9(7-17)6-16-10-2-4-11(5-3-10)18-12(13)14/h2-7,12,15-16H,1H3/b9-6-,15-8?. The number of carbonyl (C=O) groups excluding carboxylic acids is 1. The highest BCUT2D eigenvalue weighted by atomic mass is 19.3. The molecule has 2 N–H and O–H groups in total. The third kappa shape index (κ3) is 4.32. The van der Waals surface area contributed by atoms with Crippen molar-refractivity contribution >= 4 is 17.7 Å². The first-order valence-corrected chi connectivity index (χ1v) is 5.05. The van der Waals surface area contributed by atoms with Crippen molar-refractivity contribution in [1.82, 2.24) is 0 Å². The number of ether oxygens (including phenoxy) is 1. The molecule has 0 aromatic heterocycles. The zero-order valence-electron chi connectivity index (χ0n) is 9.61. The molecular formula is C12H12F2N2O2. The Balaban J connectivity index is 2.69. The zero-order chi connectivity index (χ0) is 13.5. The number of aldehydes is 1. The number of rotatable bonds is 6. The van der Waals surface area contributed by atoms with Crippen LogP contribution in [0, 0.1) is 5.41 Å². The summed E-state index contributed by atoms with van der Waals surface area (Å²) in [6.45, 7) is -1.37. The van der Waals surface area contributed by atoms with Gasteiger partial charge in [-0.2, -0.15) is 8.78 Å². The van der Waals surface area contributed by atoms with E-state index in [-0.39, 0.29) is 17.0 Å². The van der Waals surface area contributed by atoms with Gasteiger partial charge in [0.2, 0.25) is 0 Å². The molecule has 0 amide bonds. The van der Waals surface area contributed by atoms with E-state index in [0.29, 0.717) is 12.0 Å². The molecular weight excluding hydrogens is 242 g/mol. The van der Waals surface area contributed by atoms with Gasteiger partial charge in [-0.15, -0.1) is 0 Å². The fourth-order valence-corrected chi connectivity index (χ4v) is 1.12. The van der Waals surface area contributed by atoms with Crippen molar-refractivity contribution in [3.05, 3.63) is 36.0 Å². The maximum absolute atomic E-state index is 11.9. The topological polar surface area (TPSA) is 62.2 Å². The number of halogens is 2. The maximum atomic E-state index is 11.9. The smallest absolute Gasteiger partial charge is 0.387 e. The van der Waals surface area contributed by atoms with Gasteiger partial charge in [-0.1, -0.05) is 0 Å². The van der Waals surface area contributed by atoms with Crippen LogP contribution in [0.5, 0.6) is 5.75 Å². The van der Waals surface area contributed by atoms with E-state index < -0.39 is 6.61 Å². The minimum atomic E-state index is -2.86. The van der Waals surface area contributed by atoms with Gasteiger partial charge in [0.15, 0.2) is 6.29 Å². The van der Waals surface area contributed by atoms with Crippen molar-refractivity contribution < 1.29 is 18.3 Å². The molecule has 18 heavy (non-hydrogen) atoms. The van der Waals surface area contributed by atoms with E-state index in [0.717, 1.165) is 0 Å². The SMILES string of the molecule is CC(=N)/C(C=O)=C\Nc1ccc(OC(F)F)cc1. The van der Waals surface area contributed by atoms with Crippen molar-refractivity contribution in [2.24, 2.45) is 0 Å². The second kappa shape index (κ2) is 6.48. The van der Waals surface area contributed by atoms with Gasteiger partial charge in [0.25, 0.3) is 0 Å². The molecule has 96 valence electrons. The third-order valence-electron chi connectivity index (χ3n) is 2.03. The number of alkyl halides is 2. The molecule has 0 heterocycles. The Bertz CT molecular complexity index is 456. The second-order valence-corrected chi connectivity index (χ2v) is 3.39. The summed E-state index contributed by atoms with van der Waals surface area (Å²) in [5, 5.41) is 10.1. The van der Waals surface area contributed by atoms with Gasteiger partial charge >= 0.3 is 6.61 Å². The molecule has 0 fully saturated rings. The molecule has 0 bridgehead atoms. The molecule has 4 nitrogen and oxygen atoms in total. The quantitative estimate of drug-likeness (QED) is 0.466. The average molecular weight is 254 g/mol. The summed E-state index contributed by atoms with van der Waals surface area (Å²) in [5.41, 5.74) is 0.940. The van der Waals surface area contributed by atoms with Gasteiger partial charge in [0, 0.05) is 17.6 Å². The first-order valence-electron chi connectivity index (χ1n) is 5.05. The van der Waals surface area contributed by atoms with Gasteiger partial charge in [-0.3, -0.25) is 4.79 Å². The van der Waals surface area contributed by atoms with Crippen LogP contribution < -0.4 is 10.1 Å². The molecule has 1 aromatic rings. The molecule has 0 aliphatic rings. The molecule has 0 aliphatic carbocycles. The van der Waals surface area contributed by atoms with Gasteiger partial charge in [0.05, 0.1) is 5.57 Å². The molecule has 1 aromatic carbocycles. The lowest BCUT2D eigenvalue weighted by atomic mass is 10.2. The fourth-order valence-electron chi connectivity index (χ4n) is 1.12. The molecule has 0 saturated heterocycles. The number of anilines is 1. The normalized spacial score (nSPS) is 11.2. The largest absolute Gasteiger partial charge is 0.435 e. The van der Waals surface area contributed by atoms with Crippen LogP contribution >= 0.6 is 0 Å². The first kappa shape index (κ1) is 13.8. The molecule has 1 rings (SSSR count). The van der Waals surface area contributed by atoms with Crippen LogP contribution in [0.1, 0.15) is 6.92 Å². The van der Waals surface area contributed by atoms with E-state index in [1.165, 1.54) is 37.4 Å². The molecule has 0 spiro atoms. The molecule has 0 atom stereocenters. The molecule has 0 aliphatic heterocycles. The Hall–Kier alpha value is -2.24. The van der Waals surface area contributed by atoms with E-state index in [4.69, 9.17) is 5.41 Å². The lowest BCUT2D eigenvalue weighted by Crippen LogP contribution is -2.02. The Labute approximate surface area is 103 Å². The number of allylic oxidation sites excluding steroid dienone is 1. The van der Waals surface area contributed by atoms with Gasteiger partial charge in [-0.25, -0.2) is 0 Å². The summed E-state index contributed by atoms with van der Waals surface area (Å²) in [4.78, 5) is 10.6. The number of carbonyl (C=O) groups is 1. The number of nitrogens with one attached hydrogen (secondary N) is 2. The van der Waals surface area contributed by atoms with Gasteiger partial charge in [-0.05, 0) is 31.2 Å². The highest BCUT2D eigenvalue weighted by molar-refractivity contribution is 6.12. The van der Waals surface area contributed by atoms with Crippen molar-refractivity contribution in [3.8, 4) is 5.75 Å². The number of hydrogen-bond acceptors (Lipinski definition) is 4. The fraction of sp³-hybridized carbons (Fsp3) is 0.167. The van der Waals surface area contributed by atoms with Crippen LogP contribution in [0.25, 0.3) is 0 Å². The molecule has 6 heteroatoms. The Morgan fingerprint density at radius 1 is 1.39 bits per heavy atom. The maximum Gasteiger partial charge on any atom is 0.387 e. The molecule has 0 radical (unpaired) electrons. The van der Waals surface area contributed by atoms with Crippen LogP contribution in [0.4, 0.5) is 14.5 Å².